The lowest BCUT2D eigenvalue weighted by atomic mass is 10.2. The maximum absolute atomic E-state index is 12.7. The monoisotopic (exact) mass is 392 g/mol. The number of thiazole rings is 1. The van der Waals surface area contributed by atoms with E-state index in [9.17, 15) is 8.42 Å². The van der Waals surface area contributed by atoms with E-state index in [-0.39, 0.29) is 4.90 Å². The first-order chi connectivity index (χ1) is 12.4. The first kappa shape index (κ1) is 18.6. The van der Waals surface area contributed by atoms with Crippen molar-refractivity contribution in [1.29, 1.82) is 0 Å². The van der Waals surface area contributed by atoms with Crippen LogP contribution in [0.4, 0.5) is 0 Å². The molecule has 0 amide bonds. The minimum absolute atomic E-state index is 0.177. The second-order valence-electron chi connectivity index (χ2n) is 5.74. The normalized spacial score (nSPS) is 12.7. The third kappa shape index (κ3) is 3.82. The molecule has 6 nitrogen and oxygen atoms in total. The van der Waals surface area contributed by atoms with Crippen LogP contribution < -0.4 is 9.54 Å². The van der Waals surface area contributed by atoms with E-state index in [1.165, 1.54) is 11.3 Å². The van der Waals surface area contributed by atoms with Gasteiger partial charge >= 0.3 is 0 Å². The number of aryl methyl sites for hydroxylation is 1. The van der Waals surface area contributed by atoms with Crippen molar-refractivity contribution in [1.82, 2.24) is 4.57 Å². The zero-order chi connectivity index (χ0) is 18.7. The van der Waals surface area contributed by atoms with E-state index < -0.39 is 10.0 Å². The van der Waals surface area contributed by atoms with Crippen molar-refractivity contribution in [3.8, 4) is 5.75 Å². The Morgan fingerprint density at radius 3 is 2.50 bits per heavy atom. The molecule has 0 aliphatic rings. The molecule has 0 radical (unpaired) electrons. The van der Waals surface area contributed by atoms with Gasteiger partial charge in [0.15, 0.2) is 0 Å². The van der Waals surface area contributed by atoms with Crippen LogP contribution in [-0.2, 0) is 21.3 Å². The molecule has 3 aromatic rings. The maximum atomic E-state index is 12.7. The Labute approximate surface area is 156 Å². The Hall–Kier alpha value is -2.16. The summed E-state index contributed by atoms with van der Waals surface area (Å²) in [6.45, 7) is 2.87. The summed E-state index contributed by atoms with van der Waals surface area (Å²) in [6.07, 6.45) is 0. The first-order valence-corrected chi connectivity index (χ1v) is 10.2. The topological polar surface area (TPSA) is 69.9 Å². The molecule has 138 valence electrons. The minimum Gasteiger partial charge on any atom is -0.497 e. The molecular weight excluding hydrogens is 372 g/mol. The summed E-state index contributed by atoms with van der Waals surface area (Å²) < 4.78 is 42.7. The lowest BCUT2D eigenvalue weighted by Crippen LogP contribution is -2.19. The van der Waals surface area contributed by atoms with Gasteiger partial charge in [0.05, 0.1) is 28.8 Å². The molecule has 26 heavy (non-hydrogen) atoms. The van der Waals surface area contributed by atoms with Gasteiger partial charge in [-0.05, 0) is 37.3 Å². The molecule has 0 N–H and O–H groups in total. The predicted molar refractivity (Wildman–Crippen MR) is 102 cm³/mol. The fraction of sp³-hybridized carbons (Fsp3) is 0.278. The summed E-state index contributed by atoms with van der Waals surface area (Å²) in [5.74, 6) is 0.714. The van der Waals surface area contributed by atoms with Crippen LogP contribution in [0.5, 0.6) is 5.75 Å². The van der Waals surface area contributed by atoms with E-state index in [0.29, 0.717) is 23.7 Å². The first-order valence-electron chi connectivity index (χ1n) is 7.98. The van der Waals surface area contributed by atoms with Crippen molar-refractivity contribution < 1.29 is 17.9 Å². The average Bonchev–Trinajstić information content (AvgIpc) is 2.95. The van der Waals surface area contributed by atoms with Crippen molar-refractivity contribution >= 4 is 31.6 Å². The molecule has 0 aliphatic heterocycles. The number of fused-ring (bicyclic) bond motifs is 1. The molecule has 0 fully saturated rings. The summed E-state index contributed by atoms with van der Waals surface area (Å²) in [5, 5.41) is 0. The molecule has 8 heteroatoms. The lowest BCUT2D eigenvalue weighted by molar-refractivity contribution is 0.187. The van der Waals surface area contributed by atoms with Crippen molar-refractivity contribution in [3.05, 3.63) is 52.8 Å². The number of sulfonamides is 1. The SMILES string of the molecule is COCCn1/c(=N/S(=O)(=O)c2ccc(C)cc2)sc2cc(OC)ccc21. The van der Waals surface area contributed by atoms with Crippen molar-refractivity contribution in [3.63, 3.8) is 0 Å². The number of hydrogen-bond acceptors (Lipinski definition) is 5. The molecule has 1 aromatic heterocycles. The standard InChI is InChI=1S/C18H20N2O4S2/c1-13-4-7-15(8-5-13)26(21,22)19-18-20(10-11-23-2)16-9-6-14(24-3)12-17(16)25-18/h4-9,12H,10-11H2,1-3H3/b19-18-. The van der Waals surface area contributed by atoms with E-state index in [1.807, 2.05) is 29.7 Å². The summed E-state index contributed by atoms with van der Waals surface area (Å²) in [7, 11) is -0.591. The van der Waals surface area contributed by atoms with Crippen LogP contribution in [0.3, 0.4) is 0 Å². The van der Waals surface area contributed by atoms with E-state index in [0.717, 1.165) is 15.8 Å². The Balaban J connectivity index is 2.18. The van der Waals surface area contributed by atoms with Gasteiger partial charge in [-0.3, -0.25) is 0 Å². The molecular formula is C18H20N2O4S2. The van der Waals surface area contributed by atoms with Crippen molar-refractivity contribution in [2.24, 2.45) is 4.40 Å². The van der Waals surface area contributed by atoms with Gasteiger partial charge in [-0.2, -0.15) is 8.42 Å². The van der Waals surface area contributed by atoms with Crippen molar-refractivity contribution in [2.75, 3.05) is 20.8 Å². The van der Waals surface area contributed by atoms with Crippen molar-refractivity contribution in [2.45, 2.75) is 18.4 Å². The van der Waals surface area contributed by atoms with Crippen LogP contribution in [-0.4, -0.2) is 33.8 Å². The lowest BCUT2D eigenvalue weighted by Gasteiger charge is -2.05. The van der Waals surface area contributed by atoms with E-state index >= 15 is 0 Å². The van der Waals surface area contributed by atoms with Crippen LogP contribution in [0, 0.1) is 6.92 Å². The highest BCUT2D eigenvalue weighted by molar-refractivity contribution is 7.90. The summed E-state index contributed by atoms with van der Waals surface area (Å²) in [4.78, 5) is 0.585. The fourth-order valence-corrected chi connectivity index (χ4v) is 4.80. The minimum atomic E-state index is -3.80. The highest BCUT2D eigenvalue weighted by atomic mass is 32.2. The molecule has 0 saturated carbocycles. The average molecular weight is 393 g/mol. The smallest absolute Gasteiger partial charge is 0.285 e. The Morgan fingerprint density at radius 1 is 1.12 bits per heavy atom. The summed E-state index contributed by atoms with van der Waals surface area (Å²) in [6, 6.07) is 12.3. The molecule has 0 unspecified atom stereocenters. The maximum Gasteiger partial charge on any atom is 0.285 e. The predicted octanol–water partition coefficient (Wildman–Crippen LogP) is 2.96. The third-order valence-electron chi connectivity index (χ3n) is 3.93. The fourth-order valence-electron chi connectivity index (χ4n) is 2.51. The highest BCUT2D eigenvalue weighted by Crippen LogP contribution is 2.23. The van der Waals surface area contributed by atoms with Crippen LogP contribution >= 0.6 is 11.3 Å². The van der Waals surface area contributed by atoms with Crippen LogP contribution in [0.1, 0.15) is 5.56 Å². The molecule has 0 saturated heterocycles. The van der Waals surface area contributed by atoms with Gasteiger partial charge < -0.3 is 14.0 Å². The van der Waals surface area contributed by atoms with Gasteiger partial charge in [0.25, 0.3) is 10.0 Å². The van der Waals surface area contributed by atoms with Crippen LogP contribution in [0.25, 0.3) is 10.2 Å². The molecule has 2 aromatic carbocycles. The van der Waals surface area contributed by atoms with E-state index in [4.69, 9.17) is 9.47 Å². The van der Waals surface area contributed by atoms with Gasteiger partial charge in [-0.15, -0.1) is 4.40 Å². The second-order valence-corrected chi connectivity index (χ2v) is 8.36. The van der Waals surface area contributed by atoms with Crippen LogP contribution in [0.15, 0.2) is 51.8 Å². The number of hydrogen-bond donors (Lipinski definition) is 0. The largest absolute Gasteiger partial charge is 0.497 e. The Morgan fingerprint density at radius 2 is 1.85 bits per heavy atom. The summed E-state index contributed by atoms with van der Waals surface area (Å²) >= 11 is 1.31. The molecule has 1 heterocycles. The number of ether oxygens (including phenoxy) is 2. The van der Waals surface area contributed by atoms with Gasteiger partial charge in [0, 0.05) is 13.7 Å². The number of benzene rings is 2. The van der Waals surface area contributed by atoms with E-state index in [1.54, 1.807) is 38.5 Å². The van der Waals surface area contributed by atoms with Gasteiger partial charge in [0.1, 0.15) is 5.75 Å². The zero-order valence-electron chi connectivity index (χ0n) is 14.8. The molecule has 3 rings (SSSR count). The van der Waals surface area contributed by atoms with Gasteiger partial charge in [-0.1, -0.05) is 29.0 Å². The molecule has 0 bridgehead atoms. The zero-order valence-corrected chi connectivity index (χ0v) is 16.4. The molecule has 0 atom stereocenters. The highest BCUT2D eigenvalue weighted by Gasteiger charge is 2.15. The second kappa shape index (κ2) is 7.61. The molecule has 0 aliphatic carbocycles. The Bertz CT molecular complexity index is 1080. The number of nitrogens with zero attached hydrogens (tertiary/aromatic N) is 2. The number of methoxy groups -OCH3 is 2. The third-order valence-corrected chi connectivity index (χ3v) is 6.36. The van der Waals surface area contributed by atoms with E-state index in [2.05, 4.69) is 4.40 Å². The molecule has 0 spiro atoms. The number of rotatable bonds is 6. The number of aromatic nitrogens is 1. The van der Waals surface area contributed by atoms with Crippen LogP contribution in [0.2, 0.25) is 0 Å². The summed E-state index contributed by atoms with van der Waals surface area (Å²) in [5.41, 5.74) is 1.89. The van der Waals surface area contributed by atoms with Gasteiger partial charge in [0.2, 0.25) is 4.80 Å². The Kier molecular flexibility index (Phi) is 5.45. The quantitative estimate of drug-likeness (QED) is 0.647. The van der Waals surface area contributed by atoms with Gasteiger partial charge in [-0.25, -0.2) is 0 Å².